The third-order valence-electron chi connectivity index (χ3n) is 3.31. The summed E-state index contributed by atoms with van der Waals surface area (Å²) in [5.41, 5.74) is 0.0436. The van der Waals surface area contributed by atoms with Gasteiger partial charge in [0, 0.05) is 29.8 Å². The molecule has 0 fully saturated rings. The van der Waals surface area contributed by atoms with E-state index in [0.717, 1.165) is 6.07 Å². The highest BCUT2D eigenvalue weighted by Gasteiger charge is 2.29. The Morgan fingerprint density at radius 2 is 1.95 bits per heavy atom. The summed E-state index contributed by atoms with van der Waals surface area (Å²) in [6, 6.07) is 3.14. The Balaban J connectivity index is 3.03. The zero-order chi connectivity index (χ0) is 15.5. The number of carboxylic acids is 1. The second-order valence-electron chi connectivity index (χ2n) is 5.85. The highest BCUT2D eigenvalue weighted by Crippen LogP contribution is 2.29. The fourth-order valence-corrected chi connectivity index (χ4v) is 2.33. The van der Waals surface area contributed by atoms with E-state index in [9.17, 15) is 13.6 Å². The fraction of sp³-hybridized carbons (Fsp3) is 0.533. The topological polar surface area (TPSA) is 40.5 Å². The van der Waals surface area contributed by atoms with Crippen LogP contribution in [-0.4, -0.2) is 28.1 Å². The van der Waals surface area contributed by atoms with E-state index in [4.69, 9.17) is 5.11 Å². The number of carboxylic acid groups (broad SMARTS) is 1. The van der Waals surface area contributed by atoms with Gasteiger partial charge < -0.3 is 5.11 Å². The van der Waals surface area contributed by atoms with Gasteiger partial charge in [0.1, 0.15) is 11.6 Å². The molecule has 0 bridgehead atoms. The Kier molecular flexibility index (Phi) is 5.22. The minimum atomic E-state index is -0.897. The van der Waals surface area contributed by atoms with Crippen molar-refractivity contribution in [3.8, 4) is 0 Å². The molecule has 1 aromatic carbocycles. The number of aliphatic carboxylic acids is 1. The molecular weight excluding hydrogens is 264 g/mol. The van der Waals surface area contributed by atoms with E-state index >= 15 is 0 Å². The highest BCUT2D eigenvalue weighted by molar-refractivity contribution is 5.66. The molecule has 1 N–H and O–H groups in total. The Bertz CT molecular complexity index is 483. The van der Waals surface area contributed by atoms with Crippen molar-refractivity contribution in [2.45, 2.75) is 45.7 Å². The van der Waals surface area contributed by atoms with E-state index in [1.165, 1.54) is 12.1 Å². The van der Waals surface area contributed by atoms with Gasteiger partial charge in [-0.2, -0.15) is 0 Å². The second-order valence-corrected chi connectivity index (χ2v) is 5.85. The molecule has 0 saturated carbocycles. The van der Waals surface area contributed by atoms with Gasteiger partial charge in [0.05, 0.1) is 6.42 Å². The second kappa shape index (κ2) is 6.31. The van der Waals surface area contributed by atoms with E-state index < -0.39 is 17.6 Å². The minimum absolute atomic E-state index is 0.0234. The average Bonchev–Trinajstić information content (AvgIpc) is 2.26. The van der Waals surface area contributed by atoms with Crippen LogP contribution >= 0.6 is 0 Å². The van der Waals surface area contributed by atoms with Gasteiger partial charge in [-0.1, -0.05) is 6.07 Å². The van der Waals surface area contributed by atoms with Crippen molar-refractivity contribution in [3.63, 3.8) is 0 Å². The number of rotatable bonds is 5. The van der Waals surface area contributed by atoms with Crippen molar-refractivity contribution in [3.05, 3.63) is 35.4 Å². The summed E-state index contributed by atoms with van der Waals surface area (Å²) in [5.74, 6) is -2.13. The number of benzene rings is 1. The van der Waals surface area contributed by atoms with Crippen LogP contribution in [0.5, 0.6) is 0 Å². The van der Waals surface area contributed by atoms with Crippen LogP contribution in [0.25, 0.3) is 0 Å². The lowest BCUT2D eigenvalue weighted by atomic mass is 9.98. The first kappa shape index (κ1) is 16.6. The summed E-state index contributed by atoms with van der Waals surface area (Å²) in [4.78, 5) is 12.7. The predicted molar refractivity (Wildman–Crippen MR) is 73.5 cm³/mol. The molecule has 1 atom stereocenters. The van der Waals surface area contributed by atoms with Crippen LogP contribution in [0.15, 0.2) is 18.2 Å². The number of hydrogen-bond acceptors (Lipinski definition) is 2. The van der Waals surface area contributed by atoms with Gasteiger partial charge in [0.15, 0.2) is 0 Å². The van der Waals surface area contributed by atoms with Gasteiger partial charge in [-0.3, -0.25) is 9.69 Å². The molecule has 0 saturated heterocycles. The van der Waals surface area contributed by atoms with Crippen LogP contribution < -0.4 is 0 Å². The molecule has 1 unspecified atom stereocenters. The summed E-state index contributed by atoms with van der Waals surface area (Å²) < 4.78 is 26.8. The van der Waals surface area contributed by atoms with Crippen LogP contribution in [0.1, 0.15) is 45.7 Å². The number of hydrogen-bond donors (Lipinski definition) is 1. The Hall–Kier alpha value is -1.49. The lowest BCUT2D eigenvalue weighted by Gasteiger charge is -2.40. The van der Waals surface area contributed by atoms with Crippen molar-refractivity contribution in [1.82, 2.24) is 4.90 Å². The lowest BCUT2D eigenvalue weighted by molar-refractivity contribution is -0.137. The van der Waals surface area contributed by atoms with E-state index in [2.05, 4.69) is 0 Å². The Morgan fingerprint density at radius 3 is 2.40 bits per heavy atom. The third kappa shape index (κ3) is 4.27. The van der Waals surface area contributed by atoms with Crippen molar-refractivity contribution in [2.75, 3.05) is 6.54 Å². The van der Waals surface area contributed by atoms with E-state index in [1.807, 2.05) is 25.7 Å². The normalized spacial score (nSPS) is 13.6. The van der Waals surface area contributed by atoms with Crippen LogP contribution in [0.3, 0.4) is 0 Å². The molecule has 112 valence electrons. The number of nitrogens with zero attached hydrogens (tertiary/aromatic N) is 1. The standard InChI is InChI=1S/C15H21F2NO2/c1-10(12-6-5-11(16)9-13(12)17)18(15(2,3)4)8-7-14(19)20/h5-6,9-10H,7-8H2,1-4H3,(H,19,20). The number of halogens is 2. The van der Waals surface area contributed by atoms with Crippen molar-refractivity contribution >= 4 is 5.97 Å². The van der Waals surface area contributed by atoms with Crippen LogP contribution in [0.2, 0.25) is 0 Å². The summed E-state index contributed by atoms with van der Waals surface area (Å²) in [6.07, 6.45) is -0.0234. The average molecular weight is 285 g/mol. The van der Waals surface area contributed by atoms with E-state index in [0.29, 0.717) is 12.1 Å². The number of carbonyl (C=O) groups is 1. The van der Waals surface area contributed by atoms with Crippen LogP contribution in [0.4, 0.5) is 8.78 Å². The smallest absolute Gasteiger partial charge is 0.304 e. The molecule has 3 nitrogen and oxygen atoms in total. The molecular formula is C15H21F2NO2. The Morgan fingerprint density at radius 1 is 1.35 bits per heavy atom. The molecule has 0 spiro atoms. The quantitative estimate of drug-likeness (QED) is 0.898. The molecule has 1 rings (SSSR count). The zero-order valence-corrected chi connectivity index (χ0v) is 12.3. The maximum Gasteiger partial charge on any atom is 0.304 e. The maximum absolute atomic E-state index is 13.9. The third-order valence-corrected chi connectivity index (χ3v) is 3.31. The summed E-state index contributed by atoms with van der Waals surface area (Å²) >= 11 is 0. The molecule has 0 amide bonds. The molecule has 20 heavy (non-hydrogen) atoms. The highest BCUT2D eigenvalue weighted by atomic mass is 19.1. The molecule has 0 aromatic heterocycles. The monoisotopic (exact) mass is 285 g/mol. The van der Waals surface area contributed by atoms with Crippen molar-refractivity contribution in [1.29, 1.82) is 0 Å². The van der Waals surface area contributed by atoms with Gasteiger partial charge in [-0.05, 0) is 33.8 Å². The van der Waals surface area contributed by atoms with Crippen LogP contribution in [0, 0.1) is 11.6 Å². The SMILES string of the molecule is CC(c1ccc(F)cc1F)N(CCC(=O)O)C(C)(C)C. The fourth-order valence-electron chi connectivity index (χ4n) is 2.33. The molecule has 0 radical (unpaired) electrons. The molecule has 1 aromatic rings. The van der Waals surface area contributed by atoms with Crippen LogP contribution in [-0.2, 0) is 4.79 Å². The predicted octanol–water partition coefficient (Wildman–Crippen LogP) is 3.60. The van der Waals surface area contributed by atoms with Gasteiger partial charge in [-0.15, -0.1) is 0 Å². The van der Waals surface area contributed by atoms with Gasteiger partial charge >= 0.3 is 5.97 Å². The summed E-state index contributed by atoms with van der Waals surface area (Å²) in [7, 11) is 0. The van der Waals surface area contributed by atoms with Gasteiger partial charge in [0.25, 0.3) is 0 Å². The molecule has 5 heteroatoms. The molecule has 0 aliphatic heterocycles. The first-order valence-corrected chi connectivity index (χ1v) is 6.56. The zero-order valence-electron chi connectivity index (χ0n) is 12.3. The van der Waals surface area contributed by atoms with Gasteiger partial charge in [-0.25, -0.2) is 8.78 Å². The first-order chi connectivity index (χ1) is 9.12. The molecule has 0 aliphatic rings. The first-order valence-electron chi connectivity index (χ1n) is 6.56. The van der Waals surface area contributed by atoms with Gasteiger partial charge in [0.2, 0.25) is 0 Å². The maximum atomic E-state index is 13.9. The molecule has 0 heterocycles. The lowest BCUT2D eigenvalue weighted by Crippen LogP contribution is -2.44. The Labute approximate surface area is 118 Å². The van der Waals surface area contributed by atoms with E-state index in [-0.39, 0.29) is 18.0 Å². The summed E-state index contributed by atoms with van der Waals surface area (Å²) in [5, 5.41) is 8.82. The minimum Gasteiger partial charge on any atom is -0.481 e. The molecule has 0 aliphatic carbocycles. The van der Waals surface area contributed by atoms with E-state index in [1.54, 1.807) is 6.92 Å². The van der Waals surface area contributed by atoms with Crippen molar-refractivity contribution in [2.24, 2.45) is 0 Å². The summed E-state index contributed by atoms with van der Waals surface area (Å²) in [6.45, 7) is 7.91. The largest absolute Gasteiger partial charge is 0.481 e. The van der Waals surface area contributed by atoms with Crippen molar-refractivity contribution < 1.29 is 18.7 Å².